The lowest BCUT2D eigenvalue weighted by Gasteiger charge is -2.08. The van der Waals surface area contributed by atoms with E-state index in [0.29, 0.717) is 12.4 Å². The van der Waals surface area contributed by atoms with Crippen LogP contribution in [0.4, 0.5) is 0 Å². The molecule has 0 fully saturated rings. The molecule has 0 aliphatic heterocycles. The monoisotopic (exact) mass is 464 g/mol. The average Bonchev–Trinajstić information content (AvgIpc) is 3.30. The number of ether oxygens (including phenoxy) is 1. The summed E-state index contributed by atoms with van der Waals surface area (Å²) >= 11 is 1.59. The van der Waals surface area contributed by atoms with Crippen molar-refractivity contribution in [2.24, 2.45) is 0 Å². The minimum atomic E-state index is -3.60. The molecule has 0 bridgehead atoms. The highest BCUT2D eigenvalue weighted by atomic mass is 32.2. The Hall–Kier alpha value is -3.00. The van der Waals surface area contributed by atoms with Crippen LogP contribution in [0.5, 0.6) is 5.75 Å². The van der Waals surface area contributed by atoms with Crippen molar-refractivity contribution in [3.05, 3.63) is 89.3 Å². The molecule has 1 aromatic heterocycles. The first-order valence-electron chi connectivity index (χ1n) is 10.3. The summed E-state index contributed by atoms with van der Waals surface area (Å²) in [6.07, 6.45) is 0. The molecule has 5 nitrogen and oxygen atoms in total. The van der Waals surface area contributed by atoms with Gasteiger partial charge in [0.05, 0.1) is 17.2 Å². The smallest absolute Gasteiger partial charge is 0.240 e. The predicted octanol–water partition coefficient (Wildman–Crippen LogP) is 5.66. The summed E-state index contributed by atoms with van der Waals surface area (Å²) in [4.78, 5) is 4.96. The van der Waals surface area contributed by atoms with Gasteiger partial charge in [-0.1, -0.05) is 54.1 Å². The summed E-state index contributed by atoms with van der Waals surface area (Å²) in [5.74, 6) is 0.648. The van der Waals surface area contributed by atoms with Gasteiger partial charge in [0.2, 0.25) is 10.0 Å². The highest BCUT2D eigenvalue weighted by Gasteiger charge is 2.14. The van der Waals surface area contributed by atoms with Crippen molar-refractivity contribution in [1.82, 2.24) is 9.71 Å². The third kappa shape index (κ3) is 5.24. The molecule has 3 aromatic carbocycles. The van der Waals surface area contributed by atoms with Gasteiger partial charge in [-0.05, 0) is 43.7 Å². The van der Waals surface area contributed by atoms with Crippen LogP contribution in [-0.2, 0) is 16.6 Å². The normalized spacial score (nSPS) is 11.4. The number of hydrogen-bond donors (Lipinski definition) is 1. The molecule has 0 spiro atoms. The molecule has 0 unspecified atom stereocenters. The zero-order valence-corrected chi connectivity index (χ0v) is 19.5. The van der Waals surface area contributed by atoms with Crippen molar-refractivity contribution >= 4 is 21.4 Å². The number of rotatable bonds is 8. The Balaban J connectivity index is 1.41. The Morgan fingerprint density at radius 1 is 0.906 bits per heavy atom. The fourth-order valence-corrected chi connectivity index (χ4v) is 5.02. The zero-order valence-electron chi connectivity index (χ0n) is 17.9. The Morgan fingerprint density at radius 2 is 1.56 bits per heavy atom. The first-order valence-corrected chi connectivity index (χ1v) is 12.7. The van der Waals surface area contributed by atoms with E-state index in [1.54, 1.807) is 35.6 Å². The SMILES string of the molecule is CCOc1ccc(S(=O)(=O)NCc2ccc(-c3nc(-c4ccc(C)cc4)cs3)cc2)cc1. The molecule has 32 heavy (non-hydrogen) atoms. The standard InChI is InChI=1S/C25H24N2O3S2/c1-3-30-22-12-14-23(15-13-22)32(28,29)26-16-19-6-10-21(11-7-19)25-27-24(17-31-25)20-8-4-18(2)5-9-20/h4-15,17,26H,3,16H2,1-2H3. The van der Waals surface area contributed by atoms with Crippen LogP contribution in [0.25, 0.3) is 21.8 Å². The topological polar surface area (TPSA) is 68.3 Å². The molecule has 4 rings (SSSR count). The van der Waals surface area contributed by atoms with E-state index in [-0.39, 0.29) is 11.4 Å². The van der Waals surface area contributed by atoms with Gasteiger partial charge in [0.1, 0.15) is 10.8 Å². The maximum Gasteiger partial charge on any atom is 0.240 e. The predicted molar refractivity (Wildman–Crippen MR) is 129 cm³/mol. The van der Waals surface area contributed by atoms with Crippen molar-refractivity contribution in [3.63, 3.8) is 0 Å². The molecule has 1 heterocycles. The number of nitrogens with zero attached hydrogens (tertiary/aromatic N) is 1. The third-order valence-corrected chi connectivity index (χ3v) is 7.27. The van der Waals surface area contributed by atoms with Crippen LogP contribution < -0.4 is 9.46 Å². The van der Waals surface area contributed by atoms with Gasteiger partial charge in [0.15, 0.2) is 0 Å². The minimum Gasteiger partial charge on any atom is -0.494 e. The molecule has 1 N–H and O–H groups in total. The van der Waals surface area contributed by atoms with Crippen molar-refractivity contribution in [1.29, 1.82) is 0 Å². The number of sulfonamides is 1. The third-order valence-electron chi connectivity index (χ3n) is 4.96. The molecule has 0 amide bonds. The van der Waals surface area contributed by atoms with E-state index in [1.807, 2.05) is 31.2 Å². The maximum atomic E-state index is 12.6. The highest BCUT2D eigenvalue weighted by Crippen LogP contribution is 2.29. The summed E-state index contributed by atoms with van der Waals surface area (Å²) in [5, 5.41) is 2.99. The first-order chi connectivity index (χ1) is 15.4. The van der Waals surface area contributed by atoms with Crippen molar-refractivity contribution in [3.8, 4) is 27.6 Å². The van der Waals surface area contributed by atoms with Gasteiger partial charge in [-0.2, -0.15) is 0 Å². The van der Waals surface area contributed by atoms with Gasteiger partial charge in [-0.15, -0.1) is 11.3 Å². The number of nitrogens with one attached hydrogen (secondary N) is 1. The van der Waals surface area contributed by atoms with Crippen LogP contribution in [-0.4, -0.2) is 20.0 Å². The van der Waals surface area contributed by atoms with Gasteiger partial charge < -0.3 is 4.74 Å². The van der Waals surface area contributed by atoms with Crippen LogP contribution in [0.2, 0.25) is 0 Å². The molecule has 164 valence electrons. The molecule has 4 aromatic rings. The van der Waals surface area contributed by atoms with E-state index in [4.69, 9.17) is 9.72 Å². The Kier molecular flexibility index (Phi) is 6.69. The number of aryl methyl sites for hydroxylation is 1. The first kappa shape index (κ1) is 22.2. The molecule has 0 atom stereocenters. The Bertz CT molecular complexity index is 1280. The van der Waals surface area contributed by atoms with Crippen molar-refractivity contribution in [2.75, 3.05) is 6.61 Å². The number of thiazole rings is 1. The van der Waals surface area contributed by atoms with E-state index in [0.717, 1.165) is 27.4 Å². The largest absolute Gasteiger partial charge is 0.494 e. The lowest BCUT2D eigenvalue weighted by molar-refractivity contribution is 0.340. The van der Waals surface area contributed by atoms with Crippen LogP contribution in [0.15, 0.2) is 83.1 Å². The summed E-state index contributed by atoms with van der Waals surface area (Å²) in [6.45, 7) is 4.70. The Morgan fingerprint density at radius 3 is 2.22 bits per heavy atom. The minimum absolute atomic E-state index is 0.211. The highest BCUT2D eigenvalue weighted by molar-refractivity contribution is 7.89. The second-order valence-electron chi connectivity index (χ2n) is 7.33. The summed E-state index contributed by atoms with van der Waals surface area (Å²) in [6, 6.07) is 22.5. The second-order valence-corrected chi connectivity index (χ2v) is 9.95. The van der Waals surface area contributed by atoms with E-state index in [2.05, 4.69) is 41.3 Å². The van der Waals surface area contributed by atoms with Crippen LogP contribution in [0.3, 0.4) is 0 Å². The van der Waals surface area contributed by atoms with Gasteiger partial charge in [0.25, 0.3) is 0 Å². The fourth-order valence-electron chi connectivity index (χ4n) is 3.17. The van der Waals surface area contributed by atoms with Crippen LogP contribution in [0.1, 0.15) is 18.1 Å². The van der Waals surface area contributed by atoms with Crippen LogP contribution >= 0.6 is 11.3 Å². The summed E-state index contributed by atoms with van der Waals surface area (Å²) in [7, 11) is -3.60. The molecular formula is C25H24N2O3S2. The number of benzene rings is 3. The molecule has 0 aliphatic rings. The molecule has 0 aliphatic carbocycles. The quantitative estimate of drug-likeness (QED) is 0.365. The number of aromatic nitrogens is 1. The van der Waals surface area contributed by atoms with Gasteiger partial charge in [-0.3, -0.25) is 0 Å². The van der Waals surface area contributed by atoms with Gasteiger partial charge in [-0.25, -0.2) is 18.1 Å². The summed E-state index contributed by atoms with van der Waals surface area (Å²) in [5.41, 5.74) is 5.15. The maximum absolute atomic E-state index is 12.6. The van der Waals surface area contributed by atoms with Gasteiger partial charge >= 0.3 is 0 Å². The molecule has 7 heteroatoms. The van der Waals surface area contributed by atoms with Gasteiger partial charge in [0, 0.05) is 23.1 Å². The van der Waals surface area contributed by atoms with Crippen molar-refractivity contribution in [2.45, 2.75) is 25.3 Å². The van der Waals surface area contributed by atoms with E-state index < -0.39 is 10.0 Å². The van der Waals surface area contributed by atoms with E-state index in [9.17, 15) is 8.42 Å². The van der Waals surface area contributed by atoms with E-state index >= 15 is 0 Å². The molecular weight excluding hydrogens is 440 g/mol. The van der Waals surface area contributed by atoms with Crippen LogP contribution in [0, 0.1) is 6.92 Å². The Labute approximate surface area is 192 Å². The molecule has 0 saturated carbocycles. The fraction of sp³-hybridized carbons (Fsp3) is 0.160. The van der Waals surface area contributed by atoms with Crippen molar-refractivity contribution < 1.29 is 13.2 Å². The molecule has 0 radical (unpaired) electrons. The second kappa shape index (κ2) is 9.65. The molecule has 0 saturated heterocycles. The number of hydrogen-bond acceptors (Lipinski definition) is 5. The zero-order chi connectivity index (χ0) is 22.6. The summed E-state index contributed by atoms with van der Waals surface area (Å²) < 4.78 is 33.1. The lowest BCUT2D eigenvalue weighted by atomic mass is 10.1. The average molecular weight is 465 g/mol. The van der Waals surface area contributed by atoms with E-state index in [1.165, 1.54) is 5.56 Å². The lowest BCUT2D eigenvalue weighted by Crippen LogP contribution is -2.23.